The summed E-state index contributed by atoms with van der Waals surface area (Å²) in [5.41, 5.74) is 1.48. The molecule has 0 aliphatic rings. The summed E-state index contributed by atoms with van der Waals surface area (Å²) in [5, 5.41) is 12.0. The van der Waals surface area contributed by atoms with Crippen LogP contribution in [0.5, 0.6) is 5.75 Å². The molecule has 3 rings (SSSR count). The fourth-order valence-corrected chi connectivity index (χ4v) is 4.10. The van der Waals surface area contributed by atoms with E-state index in [1.807, 2.05) is 30.3 Å². The van der Waals surface area contributed by atoms with E-state index in [0.717, 1.165) is 14.9 Å². The Morgan fingerprint density at radius 3 is 2.76 bits per heavy atom. The van der Waals surface area contributed by atoms with E-state index in [9.17, 15) is 4.79 Å². The minimum atomic E-state index is -0.281. The number of nitrogens with one attached hydrogen (secondary N) is 1. The molecule has 128 valence electrons. The van der Waals surface area contributed by atoms with Gasteiger partial charge < -0.3 is 4.74 Å². The average molecular weight is 392 g/mol. The average Bonchev–Trinajstić information content (AvgIpc) is 3.08. The molecule has 0 spiro atoms. The van der Waals surface area contributed by atoms with Gasteiger partial charge in [-0.15, -0.1) is 10.2 Å². The van der Waals surface area contributed by atoms with Crippen molar-refractivity contribution in [2.45, 2.75) is 10.1 Å². The molecule has 0 saturated heterocycles. The van der Waals surface area contributed by atoms with Crippen molar-refractivity contribution < 1.29 is 9.53 Å². The zero-order valence-electron chi connectivity index (χ0n) is 13.2. The van der Waals surface area contributed by atoms with E-state index < -0.39 is 0 Å². The van der Waals surface area contributed by atoms with Gasteiger partial charge in [0.05, 0.1) is 12.7 Å². The summed E-state index contributed by atoms with van der Waals surface area (Å²) in [6.45, 7) is 0. The maximum atomic E-state index is 12.4. The maximum absolute atomic E-state index is 12.4. The third-order valence-electron chi connectivity index (χ3n) is 3.29. The van der Waals surface area contributed by atoms with Crippen molar-refractivity contribution >= 4 is 45.7 Å². The van der Waals surface area contributed by atoms with Gasteiger partial charge in [-0.05, 0) is 23.8 Å². The molecule has 0 aliphatic carbocycles. The smallest absolute Gasteiger partial charge is 0.261 e. The largest absolute Gasteiger partial charge is 0.496 e. The molecule has 0 radical (unpaired) electrons. The van der Waals surface area contributed by atoms with E-state index in [2.05, 4.69) is 15.5 Å². The van der Waals surface area contributed by atoms with Gasteiger partial charge in [-0.2, -0.15) is 0 Å². The molecule has 3 aromatic rings. The van der Waals surface area contributed by atoms with Crippen molar-refractivity contribution in [1.82, 2.24) is 10.2 Å². The Morgan fingerprint density at radius 2 is 1.96 bits per heavy atom. The van der Waals surface area contributed by atoms with Crippen LogP contribution in [0.1, 0.15) is 15.9 Å². The van der Waals surface area contributed by atoms with Crippen LogP contribution in [0.3, 0.4) is 0 Å². The first kappa shape index (κ1) is 17.7. The van der Waals surface area contributed by atoms with Gasteiger partial charge in [0.2, 0.25) is 5.13 Å². The Hall–Kier alpha value is -2.09. The zero-order valence-corrected chi connectivity index (χ0v) is 15.6. The molecule has 0 unspecified atom stereocenters. The fourth-order valence-electron chi connectivity index (χ4n) is 2.07. The summed E-state index contributed by atoms with van der Waals surface area (Å²) < 4.78 is 5.96. The number of thioether (sulfide) groups is 1. The lowest BCUT2D eigenvalue weighted by atomic mass is 10.2. The minimum Gasteiger partial charge on any atom is -0.496 e. The predicted octanol–water partition coefficient (Wildman–Crippen LogP) is 4.74. The molecule has 0 atom stereocenters. The molecular formula is C17H14ClN3O2S2. The molecule has 0 fully saturated rings. The summed E-state index contributed by atoms with van der Waals surface area (Å²) in [6.07, 6.45) is 0. The van der Waals surface area contributed by atoms with Crippen LogP contribution in [0.2, 0.25) is 5.02 Å². The number of benzene rings is 2. The van der Waals surface area contributed by atoms with Crippen LogP contribution in [-0.2, 0) is 5.75 Å². The molecule has 0 bridgehead atoms. The van der Waals surface area contributed by atoms with Crippen LogP contribution in [0, 0.1) is 0 Å². The molecule has 1 heterocycles. The number of rotatable bonds is 6. The summed E-state index contributed by atoms with van der Waals surface area (Å²) in [6, 6.07) is 14.7. The summed E-state index contributed by atoms with van der Waals surface area (Å²) in [5.74, 6) is 0.920. The van der Waals surface area contributed by atoms with Gasteiger partial charge in [0.15, 0.2) is 4.34 Å². The van der Waals surface area contributed by atoms with Crippen LogP contribution in [-0.4, -0.2) is 23.2 Å². The SMILES string of the molecule is COc1ccccc1C(=O)Nc1nnc(SCc2ccccc2Cl)s1. The van der Waals surface area contributed by atoms with E-state index >= 15 is 0 Å². The Kier molecular flexibility index (Phi) is 5.91. The number of hydrogen-bond donors (Lipinski definition) is 1. The lowest BCUT2D eigenvalue weighted by molar-refractivity contribution is 0.102. The predicted molar refractivity (Wildman–Crippen MR) is 102 cm³/mol. The molecule has 1 aromatic heterocycles. The van der Waals surface area contributed by atoms with Gasteiger partial charge >= 0.3 is 0 Å². The van der Waals surface area contributed by atoms with Crippen LogP contribution < -0.4 is 10.1 Å². The number of carbonyl (C=O) groups is 1. The Morgan fingerprint density at radius 1 is 1.20 bits per heavy atom. The Labute approximate surface area is 158 Å². The number of halogens is 1. The minimum absolute atomic E-state index is 0.281. The standard InChI is InChI=1S/C17H14ClN3O2S2/c1-23-14-9-5-3-7-12(14)15(22)19-16-20-21-17(25-16)24-10-11-6-2-4-8-13(11)18/h2-9H,10H2,1H3,(H,19,20,22). The number of aromatic nitrogens is 2. The van der Waals surface area contributed by atoms with E-state index in [0.29, 0.717) is 22.2 Å². The normalized spacial score (nSPS) is 10.5. The first-order valence-corrected chi connectivity index (χ1v) is 9.49. The molecular weight excluding hydrogens is 378 g/mol. The molecule has 1 N–H and O–H groups in total. The maximum Gasteiger partial charge on any atom is 0.261 e. The summed E-state index contributed by atoms with van der Waals surface area (Å²) in [4.78, 5) is 12.4. The van der Waals surface area contributed by atoms with Crippen molar-refractivity contribution in [2.24, 2.45) is 0 Å². The van der Waals surface area contributed by atoms with Crippen molar-refractivity contribution in [2.75, 3.05) is 12.4 Å². The number of ether oxygens (including phenoxy) is 1. The van der Waals surface area contributed by atoms with Gasteiger partial charge in [-0.1, -0.05) is 65.0 Å². The molecule has 0 aliphatic heterocycles. The molecule has 1 amide bonds. The van der Waals surface area contributed by atoms with E-state index in [4.69, 9.17) is 16.3 Å². The Bertz CT molecular complexity index is 886. The molecule has 5 nitrogen and oxygen atoms in total. The van der Waals surface area contributed by atoms with Crippen LogP contribution >= 0.6 is 34.7 Å². The van der Waals surface area contributed by atoms with Gasteiger partial charge in [-0.3, -0.25) is 10.1 Å². The number of para-hydroxylation sites is 1. The quantitative estimate of drug-likeness (QED) is 0.485. The van der Waals surface area contributed by atoms with Crippen molar-refractivity contribution in [1.29, 1.82) is 0 Å². The number of anilines is 1. The highest BCUT2D eigenvalue weighted by atomic mass is 35.5. The second-order valence-corrected chi connectivity index (χ2v) is 7.51. The monoisotopic (exact) mass is 391 g/mol. The first-order valence-electron chi connectivity index (χ1n) is 7.31. The van der Waals surface area contributed by atoms with Gasteiger partial charge in [0.25, 0.3) is 5.91 Å². The highest BCUT2D eigenvalue weighted by Gasteiger charge is 2.14. The van der Waals surface area contributed by atoms with Gasteiger partial charge in [-0.25, -0.2) is 0 Å². The third kappa shape index (κ3) is 4.50. The van der Waals surface area contributed by atoms with E-state index in [-0.39, 0.29) is 5.91 Å². The van der Waals surface area contributed by atoms with Crippen LogP contribution in [0.25, 0.3) is 0 Å². The highest BCUT2D eigenvalue weighted by Crippen LogP contribution is 2.30. The lowest BCUT2D eigenvalue weighted by Gasteiger charge is -2.06. The lowest BCUT2D eigenvalue weighted by Crippen LogP contribution is -2.12. The molecule has 0 saturated carbocycles. The van der Waals surface area contributed by atoms with Crippen molar-refractivity contribution in [3.05, 3.63) is 64.7 Å². The second kappa shape index (κ2) is 8.33. The van der Waals surface area contributed by atoms with Crippen molar-refractivity contribution in [3.63, 3.8) is 0 Å². The van der Waals surface area contributed by atoms with Crippen LogP contribution in [0.4, 0.5) is 5.13 Å². The fraction of sp³-hybridized carbons (Fsp3) is 0.118. The topological polar surface area (TPSA) is 64.1 Å². The number of hydrogen-bond acceptors (Lipinski definition) is 6. The number of methoxy groups -OCH3 is 1. The number of nitrogens with zero attached hydrogens (tertiary/aromatic N) is 2. The van der Waals surface area contributed by atoms with Gasteiger partial charge in [0, 0.05) is 10.8 Å². The highest BCUT2D eigenvalue weighted by molar-refractivity contribution is 8.00. The zero-order chi connectivity index (χ0) is 17.6. The summed E-state index contributed by atoms with van der Waals surface area (Å²) in [7, 11) is 1.53. The molecule has 8 heteroatoms. The molecule has 25 heavy (non-hydrogen) atoms. The summed E-state index contributed by atoms with van der Waals surface area (Å²) >= 11 is 8.99. The molecule has 2 aromatic carbocycles. The van der Waals surface area contributed by atoms with Crippen molar-refractivity contribution in [3.8, 4) is 5.75 Å². The van der Waals surface area contributed by atoms with E-state index in [1.54, 1.807) is 18.2 Å². The van der Waals surface area contributed by atoms with Crippen LogP contribution in [0.15, 0.2) is 52.9 Å². The second-order valence-electron chi connectivity index (χ2n) is 4.91. The number of amides is 1. The first-order chi connectivity index (χ1) is 12.2. The third-order valence-corrected chi connectivity index (χ3v) is 5.68. The van der Waals surface area contributed by atoms with Gasteiger partial charge in [0.1, 0.15) is 5.75 Å². The Balaban J connectivity index is 1.63. The number of carbonyl (C=O) groups excluding carboxylic acids is 1. The van der Waals surface area contributed by atoms with E-state index in [1.165, 1.54) is 30.2 Å².